The summed E-state index contributed by atoms with van der Waals surface area (Å²) in [5.41, 5.74) is -0.756. The molecule has 0 aromatic heterocycles. The number of benzene rings is 2. The number of methoxy groups -OCH3 is 1. The molecule has 1 saturated heterocycles. The number of carbonyl (C=O) groups excluding carboxylic acids is 2. The summed E-state index contributed by atoms with van der Waals surface area (Å²) < 4.78 is 51.0. The molecule has 0 aliphatic carbocycles. The van der Waals surface area contributed by atoms with Gasteiger partial charge in [-0.1, -0.05) is 28.1 Å². The van der Waals surface area contributed by atoms with E-state index in [-0.39, 0.29) is 28.5 Å². The molecule has 0 saturated carbocycles. The van der Waals surface area contributed by atoms with Gasteiger partial charge in [-0.05, 0) is 63.1 Å². The van der Waals surface area contributed by atoms with Gasteiger partial charge in [0.05, 0.1) is 12.7 Å². The summed E-state index contributed by atoms with van der Waals surface area (Å²) in [4.78, 5) is 29.2. The van der Waals surface area contributed by atoms with Gasteiger partial charge in [-0.15, -0.1) is 0 Å². The molecule has 2 aromatic carbocycles. The Morgan fingerprint density at radius 2 is 1.72 bits per heavy atom. The van der Waals surface area contributed by atoms with E-state index in [2.05, 4.69) is 15.9 Å². The first-order valence-corrected chi connectivity index (χ1v) is 12.3. The van der Waals surface area contributed by atoms with Gasteiger partial charge in [0.2, 0.25) is 0 Å². The number of nitrogens with zero attached hydrogens (tertiary/aromatic N) is 2. The van der Waals surface area contributed by atoms with Crippen molar-refractivity contribution in [3.05, 3.63) is 63.6 Å². The number of piperidine rings is 1. The smallest absolute Gasteiger partial charge is 0.416 e. The molecule has 196 valence electrons. The highest BCUT2D eigenvalue weighted by molar-refractivity contribution is 9.10. The third kappa shape index (κ3) is 6.72. The Labute approximate surface area is 217 Å². The first-order valence-electron chi connectivity index (χ1n) is 11.5. The second-order valence-electron chi connectivity index (χ2n) is 9.80. The van der Waals surface area contributed by atoms with Crippen LogP contribution >= 0.6 is 15.9 Å². The number of hydrogen-bond donors (Lipinski definition) is 0. The van der Waals surface area contributed by atoms with Crippen molar-refractivity contribution in [1.82, 2.24) is 9.80 Å². The van der Waals surface area contributed by atoms with Crippen molar-refractivity contribution in [3.63, 3.8) is 0 Å². The summed E-state index contributed by atoms with van der Waals surface area (Å²) in [7, 11) is 3.14. The molecule has 2 atom stereocenters. The quantitative estimate of drug-likeness (QED) is 0.430. The summed E-state index contributed by atoms with van der Waals surface area (Å²) in [6, 6.07) is 10.2. The average Bonchev–Trinajstić information content (AvgIpc) is 2.80. The predicted molar refractivity (Wildman–Crippen MR) is 133 cm³/mol. The molecule has 1 fully saturated rings. The lowest BCUT2D eigenvalue weighted by Gasteiger charge is -2.43. The standard InChI is InChI=1S/C26H30BrF3N2O4/c1-25(2,3)36-24(34)32-11-10-22(21(15-32)16-6-8-20(35-5)9-7-16)31(4)23(33)17-12-18(26(28,29)30)14-19(27)13-17/h6-9,12-14,21-22H,10-11,15H2,1-5H3/t21-,22+/m0/s1. The third-order valence-electron chi connectivity index (χ3n) is 6.06. The van der Waals surface area contributed by atoms with Gasteiger partial charge < -0.3 is 19.3 Å². The van der Waals surface area contributed by atoms with E-state index < -0.39 is 29.3 Å². The fourth-order valence-electron chi connectivity index (χ4n) is 4.31. The van der Waals surface area contributed by atoms with Crippen molar-refractivity contribution in [1.29, 1.82) is 0 Å². The van der Waals surface area contributed by atoms with E-state index in [1.54, 1.807) is 52.0 Å². The van der Waals surface area contributed by atoms with E-state index in [0.29, 0.717) is 18.7 Å². The molecule has 0 spiro atoms. The second-order valence-corrected chi connectivity index (χ2v) is 10.7. The molecule has 0 unspecified atom stereocenters. The van der Waals surface area contributed by atoms with Gasteiger partial charge >= 0.3 is 12.3 Å². The molecule has 0 N–H and O–H groups in total. The number of ether oxygens (including phenoxy) is 2. The number of hydrogen-bond acceptors (Lipinski definition) is 4. The largest absolute Gasteiger partial charge is 0.497 e. The van der Waals surface area contributed by atoms with E-state index in [0.717, 1.165) is 17.7 Å². The van der Waals surface area contributed by atoms with Gasteiger partial charge in [0, 0.05) is 42.1 Å². The van der Waals surface area contributed by atoms with E-state index in [9.17, 15) is 22.8 Å². The van der Waals surface area contributed by atoms with Crippen LogP contribution in [-0.2, 0) is 10.9 Å². The minimum Gasteiger partial charge on any atom is -0.497 e. The molecule has 6 nitrogen and oxygen atoms in total. The van der Waals surface area contributed by atoms with E-state index in [1.807, 2.05) is 12.1 Å². The zero-order valence-corrected chi connectivity index (χ0v) is 22.4. The Hall–Kier alpha value is -2.75. The van der Waals surface area contributed by atoms with Crippen LogP contribution in [0.15, 0.2) is 46.9 Å². The normalized spacial score (nSPS) is 18.5. The molecule has 1 aliphatic rings. The lowest BCUT2D eigenvalue weighted by Crippen LogP contribution is -2.52. The highest BCUT2D eigenvalue weighted by Gasteiger charge is 2.39. The minimum absolute atomic E-state index is 0.0674. The predicted octanol–water partition coefficient (Wildman–Crippen LogP) is 6.34. The Bertz CT molecular complexity index is 1100. The molecule has 2 aromatic rings. The molecule has 2 amide bonds. The molecular formula is C26H30BrF3N2O4. The van der Waals surface area contributed by atoms with E-state index >= 15 is 0 Å². The van der Waals surface area contributed by atoms with Gasteiger partial charge in [-0.2, -0.15) is 13.2 Å². The first-order chi connectivity index (χ1) is 16.7. The molecule has 1 aliphatic heterocycles. The maximum atomic E-state index is 13.4. The number of halogens is 4. The SMILES string of the molecule is COc1ccc([C@@H]2CN(C(=O)OC(C)(C)C)CC[C@H]2N(C)C(=O)c2cc(Br)cc(C(F)(F)F)c2)cc1. The lowest BCUT2D eigenvalue weighted by atomic mass is 9.85. The molecular weight excluding hydrogens is 541 g/mol. The number of alkyl halides is 3. The van der Waals surface area contributed by atoms with Gasteiger partial charge in [-0.3, -0.25) is 4.79 Å². The number of amides is 2. The van der Waals surface area contributed by atoms with Crippen LogP contribution in [0, 0.1) is 0 Å². The highest BCUT2D eigenvalue weighted by atomic mass is 79.9. The zero-order valence-electron chi connectivity index (χ0n) is 20.9. The lowest BCUT2D eigenvalue weighted by molar-refractivity contribution is -0.137. The third-order valence-corrected chi connectivity index (χ3v) is 6.52. The van der Waals surface area contributed by atoms with E-state index in [1.165, 1.54) is 11.0 Å². The molecule has 3 rings (SSSR count). The minimum atomic E-state index is -4.58. The number of likely N-dealkylation sites (N-methyl/N-ethyl adjacent to an activating group) is 1. The summed E-state index contributed by atoms with van der Waals surface area (Å²) in [5.74, 6) is -0.162. The fraction of sp³-hybridized carbons (Fsp3) is 0.462. The van der Waals surface area contributed by atoms with Crippen molar-refractivity contribution in [2.45, 2.75) is 50.9 Å². The number of rotatable bonds is 4. The Kier molecular flexibility index (Phi) is 8.27. The summed E-state index contributed by atoms with van der Waals surface area (Å²) in [6.45, 7) is 6.00. The van der Waals surface area contributed by atoms with Crippen LogP contribution in [0.5, 0.6) is 5.75 Å². The van der Waals surface area contributed by atoms with Crippen molar-refractivity contribution in [3.8, 4) is 5.75 Å². The Balaban J connectivity index is 1.92. The number of carbonyl (C=O) groups is 2. The van der Waals surface area contributed by atoms with Crippen molar-refractivity contribution < 1.29 is 32.2 Å². The first kappa shape index (κ1) is 27.8. The van der Waals surface area contributed by atoms with Crippen LogP contribution < -0.4 is 4.74 Å². The molecule has 0 radical (unpaired) electrons. The Morgan fingerprint density at radius 3 is 2.28 bits per heavy atom. The second kappa shape index (κ2) is 10.7. The summed E-state index contributed by atoms with van der Waals surface area (Å²) in [6.07, 6.45) is -4.60. The highest BCUT2D eigenvalue weighted by Crippen LogP contribution is 2.35. The van der Waals surface area contributed by atoms with Crippen molar-refractivity contribution >= 4 is 27.9 Å². The van der Waals surface area contributed by atoms with Gasteiger partial charge in [0.1, 0.15) is 11.4 Å². The molecule has 0 bridgehead atoms. The average molecular weight is 571 g/mol. The van der Waals surface area contributed by atoms with Gasteiger partial charge in [0.15, 0.2) is 0 Å². The van der Waals surface area contributed by atoms with Crippen LogP contribution in [0.25, 0.3) is 0 Å². The molecule has 36 heavy (non-hydrogen) atoms. The van der Waals surface area contributed by atoms with Crippen molar-refractivity contribution in [2.24, 2.45) is 0 Å². The topological polar surface area (TPSA) is 59.1 Å². The van der Waals surface area contributed by atoms with Gasteiger partial charge in [-0.25, -0.2) is 4.79 Å². The van der Waals surface area contributed by atoms with Crippen LogP contribution in [0.1, 0.15) is 54.6 Å². The van der Waals surface area contributed by atoms with Crippen LogP contribution in [0.3, 0.4) is 0 Å². The zero-order chi connectivity index (χ0) is 26.8. The van der Waals surface area contributed by atoms with Crippen molar-refractivity contribution in [2.75, 3.05) is 27.2 Å². The van der Waals surface area contributed by atoms with E-state index in [4.69, 9.17) is 9.47 Å². The Morgan fingerprint density at radius 1 is 1.08 bits per heavy atom. The van der Waals surface area contributed by atoms with Crippen LogP contribution in [0.4, 0.5) is 18.0 Å². The van der Waals surface area contributed by atoms with Crippen LogP contribution in [-0.4, -0.2) is 60.7 Å². The summed E-state index contributed by atoms with van der Waals surface area (Å²) >= 11 is 3.09. The fourth-order valence-corrected chi connectivity index (χ4v) is 4.80. The van der Waals surface area contributed by atoms with Crippen LogP contribution in [0.2, 0.25) is 0 Å². The van der Waals surface area contributed by atoms with Gasteiger partial charge in [0.25, 0.3) is 5.91 Å². The monoisotopic (exact) mass is 570 g/mol. The maximum absolute atomic E-state index is 13.4. The molecule has 10 heteroatoms. The maximum Gasteiger partial charge on any atom is 0.416 e. The number of likely N-dealkylation sites (tertiary alicyclic amines) is 1. The molecule has 1 heterocycles. The summed E-state index contributed by atoms with van der Waals surface area (Å²) in [5, 5.41) is 0.